The molecule has 0 amide bonds. The van der Waals surface area contributed by atoms with E-state index in [2.05, 4.69) is 27.4 Å². The molecule has 0 radical (unpaired) electrons. The summed E-state index contributed by atoms with van der Waals surface area (Å²) in [6, 6.07) is 2.91. The third-order valence-electron chi connectivity index (χ3n) is 3.68. The summed E-state index contributed by atoms with van der Waals surface area (Å²) in [6.07, 6.45) is 2.58. The monoisotopic (exact) mass is 293 g/mol. The molecule has 21 heavy (non-hydrogen) atoms. The van der Waals surface area contributed by atoms with Gasteiger partial charge in [-0.2, -0.15) is 0 Å². The van der Waals surface area contributed by atoms with E-state index in [1.165, 1.54) is 38.1 Å². The molecule has 1 aliphatic rings. The van der Waals surface area contributed by atoms with E-state index >= 15 is 0 Å². The highest BCUT2D eigenvalue weighted by Gasteiger charge is 2.15. The van der Waals surface area contributed by atoms with E-state index < -0.39 is 4.92 Å². The number of anilines is 2. The van der Waals surface area contributed by atoms with Gasteiger partial charge in [-0.1, -0.05) is 6.92 Å². The molecular weight excluding hydrogens is 270 g/mol. The van der Waals surface area contributed by atoms with Crippen molar-refractivity contribution in [1.29, 1.82) is 0 Å². The van der Waals surface area contributed by atoms with E-state index in [9.17, 15) is 10.1 Å². The van der Waals surface area contributed by atoms with Gasteiger partial charge in [0.2, 0.25) is 0 Å². The average Bonchev–Trinajstić information content (AvgIpc) is 2.97. The van der Waals surface area contributed by atoms with Gasteiger partial charge >= 0.3 is 0 Å². The zero-order chi connectivity index (χ0) is 15.2. The molecule has 2 heterocycles. The van der Waals surface area contributed by atoms with Crippen LogP contribution < -0.4 is 10.6 Å². The lowest BCUT2D eigenvalue weighted by molar-refractivity contribution is -0.384. The molecular formula is C14H23N5O2. The van der Waals surface area contributed by atoms with Gasteiger partial charge < -0.3 is 15.5 Å². The molecule has 116 valence electrons. The molecule has 1 unspecified atom stereocenters. The van der Waals surface area contributed by atoms with E-state index in [-0.39, 0.29) is 5.69 Å². The number of aromatic nitrogens is 1. The number of rotatable bonds is 7. The maximum absolute atomic E-state index is 10.9. The Kier molecular flexibility index (Phi) is 5.32. The van der Waals surface area contributed by atoms with E-state index in [1.807, 2.05) is 0 Å². The van der Waals surface area contributed by atoms with E-state index in [4.69, 9.17) is 0 Å². The van der Waals surface area contributed by atoms with Gasteiger partial charge in [-0.3, -0.25) is 10.1 Å². The zero-order valence-electron chi connectivity index (χ0n) is 12.6. The SMILES string of the molecule is CNc1cc([N+](=O)[O-])cc(NCC(C)CN2CCCC2)n1. The van der Waals surface area contributed by atoms with Crippen LogP contribution in [0.15, 0.2) is 12.1 Å². The molecule has 1 fully saturated rings. The van der Waals surface area contributed by atoms with Gasteiger partial charge in [-0.25, -0.2) is 4.98 Å². The first-order valence-corrected chi connectivity index (χ1v) is 7.39. The minimum atomic E-state index is -0.401. The van der Waals surface area contributed by atoms with Crippen molar-refractivity contribution in [1.82, 2.24) is 9.88 Å². The quantitative estimate of drug-likeness (QED) is 0.592. The van der Waals surface area contributed by atoms with Crippen LogP contribution in [0.1, 0.15) is 19.8 Å². The lowest BCUT2D eigenvalue weighted by Gasteiger charge is -2.20. The van der Waals surface area contributed by atoms with Crippen molar-refractivity contribution in [2.75, 3.05) is 43.9 Å². The van der Waals surface area contributed by atoms with Crippen molar-refractivity contribution in [2.24, 2.45) is 5.92 Å². The number of nitro groups is 1. The fraction of sp³-hybridized carbons (Fsp3) is 0.643. The first-order valence-electron chi connectivity index (χ1n) is 7.39. The molecule has 2 N–H and O–H groups in total. The van der Waals surface area contributed by atoms with Crippen LogP contribution in [0.4, 0.5) is 17.3 Å². The van der Waals surface area contributed by atoms with Gasteiger partial charge in [0.1, 0.15) is 11.6 Å². The maximum Gasteiger partial charge on any atom is 0.276 e. The minimum absolute atomic E-state index is 0.0454. The predicted octanol–water partition coefficient (Wildman–Crippen LogP) is 2.18. The summed E-state index contributed by atoms with van der Waals surface area (Å²) in [4.78, 5) is 17.3. The van der Waals surface area contributed by atoms with Crippen LogP contribution in [-0.2, 0) is 0 Å². The Bertz CT molecular complexity index is 488. The fourth-order valence-electron chi connectivity index (χ4n) is 2.59. The van der Waals surface area contributed by atoms with E-state index in [0.29, 0.717) is 17.6 Å². The molecule has 1 saturated heterocycles. The number of nitrogens with one attached hydrogen (secondary N) is 2. The molecule has 7 heteroatoms. The standard InChI is InChI=1S/C14H23N5O2/c1-11(10-18-5-3-4-6-18)9-16-14-8-12(19(20)21)7-13(15-2)17-14/h7-8,11H,3-6,9-10H2,1-2H3,(H2,15,16,17). The van der Waals surface area contributed by atoms with Crippen molar-refractivity contribution < 1.29 is 4.92 Å². The Balaban J connectivity index is 1.92. The molecule has 1 aromatic rings. The van der Waals surface area contributed by atoms with Gasteiger partial charge in [-0.05, 0) is 31.8 Å². The highest BCUT2D eigenvalue weighted by molar-refractivity contribution is 5.54. The van der Waals surface area contributed by atoms with Gasteiger partial charge in [0, 0.05) is 20.1 Å². The highest BCUT2D eigenvalue weighted by atomic mass is 16.6. The summed E-state index contributed by atoms with van der Waals surface area (Å²) < 4.78 is 0. The molecule has 0 spiro atoms. The van der Waals surface area contributed by atoms with Crippen LogP contribution in [0.2, 0.25) is 0 Å². The summed E-state index contributed by atoms with van der Waals surface area (Å²) in [6.45, 7) is 6.36. The van der Waals surface area contributed by atoms with Crippen molar-refractivity contribution in [3.63, 3.8) is 0 Å². The van der Waals surface area contributed by atoms with Gasteiger partial charge in [0.15, 0.2) is 0 Å². The lowest BCUT2D eigenvalue weighted by Crippen LogP contribution is -2.29. The van der Waals surface area contributed by atoms with Crippen LogP contribution in [0.25, 0.3) is 0 Å². The number of pyridine rings is 1. The molecule has 0 saturated carbocycles. The first-order chi connectivity index (χ1) is 10.1. The Hall–Kier alpha value is -1.89. The van der Waals surface area contributed by atoms with Crippen LogP contribution >= 0.6 is 0 Å². The summed E-state index contributed by atoms with van der Waals surface area (Å²) in [5, 5.41) is 17.0. The largest absolute Gasteiger partial charge is 0.373 e. The Morgan fingerprint density at radius 1 is 1.38 bits per heavy atom. The number of nitrogens with zero attached hydrogens (tertiary/aromatic N) is 3. The second-order valence-corrected chi connectivity index (χ2v) is 5.60. The highest BCUT2D eigenvalue weighted by Crippen LogP contribution is 2.20. The zero-order valence-corrected chi connectivity index (χ0v) is 12.6. The third kappa shape index (κ3) is 4.56. The second kappa shape index (κ2) is 7.21. The number of hydrogen-bond acceptors (Lipinski definition) is 6. The Morgan fingerprint density at radius 2 is 2.05 bits per heavy atom. The molecule has 1 aliphatic heterocycles. The Morgan fingerprint density at radius 3 is 2.67 bits per heavy atom. The van der Waals surface area contributed by atoms with E-state index in [1.54, 1.807) is 7.05 Å². The van der Waals surface area contributed by atoms with Crippen molar-refractivity contribution in [3.8, 4) is 0 Å². The predicted molar refractivity (Wildman–Crippen MR) is 83.8 cm³/mol. The molecule has 0 aromatic carbocycles. The number of likely N-dealkylation sites (tertiary alicyclic amines) is 1. The van der Waals surface area contributed by atoms with Gasteiger partial charge in [0.05, 0.1) is 17.1 Å². The topological polar surface area (TPSA) is 83.3 Å². The molecule has 2 rings (SSSR count). The smallest absolute Gasteiger partial charge is 0.276 e. The van der Waals surface area contributed by atoms with Crippen LogP contribution in [0, 0.1) is 16.0 Å². The average molecular weight is 293 g/mol. The number of hydrogen-bond donors (Lipinski definition) is 2. The lowest BCUT2D eigenvalue weighted by atomic mass is 10.1. The molecule has 1 atom stereocenters. The normalized spacial score (nSPS) is 16.7. The maximum atomic E-state index is 10.9. The first kappa shape index (κ1) is 15.5. The summed E-state index contributed by atoms with van der Waals surface area (Å²) in [5.74, 6) is 1.52. The molecule has 0 aliphatic carbocycles. The molecule has 7 nitrogen and oxygen atoms in total. The molecule has 1 aromatic heterocycles. The second-order valence-electron chi connectivity index (χ2n) is 5.60. The summed E-state index contributed by atoms with van der Waals surface area (Å²) in [7, 11) is 1.70. The Labute approximate surface area is 124 Å². The third-order valence-corrected chi connectivity index (χ3v) is 3.68. The van der Waals surface area contributed by atoms with E-state index in [0.717, 1.165) is 13.1 Å². The van der Waals surface area contributed by atoms with Crippen LogP contribution in [0.3, 0.4) is 0 Å². The van der Waals surface area contributed by atoms with Crippen LogP contribution in [0.5, 0.6) is 0 Å². The summed E-state index contributed by atoms with van der Waals surface area (Å²) >= 11 is 0. The fourth-order valence-corrected chi connectivity index (χ4v) is 2.59. The van der Waals surface area contributed by atoms with Crippen molar-refractivity contribution in [2.45, 2.75) is 19.8 Å². The van der Waals surface area contributed by atoms with Gasteiger partial charge in [-0.15, -0.1) is 0 Å². The van der Waals surface area contributed by atoms with Crippen molar-refractivity contribution >= 4 is 17.3 Å². The van der Waals surface area contributed by atoms with Crippen molar-refractivity contribution in [3.05, 3.63) is 22.2 Å². The minimum Gasteiger partial charge on any atom is -0.373 e. The summed E-state index contributed by atoms with van der Waals surface area (Å²) in [5.41, 5.74) is 0.0454. The van der Waals surface area contributed by atoms with Crippen LogP contribution in [-0.4, -0.2) is 48.0 Å². The molecule has 0 bridgehead atoms. The van der Waals surface area contributed by atoms with Gasteiger partial charge in [0.25, 0.3) is 5.69 Å².